The first kappa shape index (κ1) is 12.5. The standard InChI is InChI=1S/C13H10ClFN2O/c1-9(10-5-7-11(14)8-6-10)17-18-13-4-2-3-12(15)16-13/h2-8H,1H3. The summed E-state index contributed by atoms with van der Waals surface area (Å²) in [4.78, 5) is 8.57. The second-order valence-electron chi connectivity index (χ2n) is 3.57. The molecular formula is C13H10ClFN2O. The summed E-state index contributed by atoms with van der Waals surface area (Å²) in [5.41, 5.74) is 1.52. The van der Waals surface area contributed by atoms with Crippen LogP contribution in [0.1, 0.15) is 12.5 Å². The van der Waals surface area contributed by atoms with Crippen LogP contribution >= 0.6 is 11.6 Å². The number of aromatic nitrogens is 1. The van der Waals surface area contributed by atoms with Crippen molar-refractivity contribution in [1.29, 1.82) is 0 Å². The van der Waals surface area contributed by atoms with Gasteiger partial charge < -0.3 is 4.84 Å². The van der Waals surface area contributed by atoms with Crippen LogP contribution in [0, 0.1) is 5.95 Å². The number of nitrogens with zero attached hydrogens (tertiary/aromatic N) is 2. The van der Waals surface area contributed by atoms with Gasteiger partial charge in [-0.3, -0.25) is 0 Å². The van der Waals surface area contributed by atoms with E-state index in [2.05, 4.69) is 10.1 Å². The molecule has 0 aliphatic heterocycles. The highest BCUT2D eigenvalue weighted by atomic mass is 35.5. The molecule has 1 heterocycles. The minimum atomic E-state index is -0.605. The van der Waals surface area contributed by atoms with Crippen LogP contribution in [0.2, 0.25) is 5.02 Å². The van der Waals surface area contributed by atoms with Crippen LogP contribution in [-0.2, 0) is 0 Å². The maximum Gasteiger partial charge on any atom is 0.251 e. The minimum absolute atomic E-state index is 0.114. The number of rotatable bonds is 3. The van der Waals surface area contributed by atoms with Gasteiger partial charge in [-0.2, -0.15) is 9.37 Å². The molecule has 1 aromatic heterocycles. The van der Waals surface area contributed by atoms with E-state index in [0.717, 1.165) is 5.56 Å². The summed E-state index contributed by atoms with van der Waals surface area (Å²) < 4.78 is 12.8. The predicted molar refractivity (Wildman–Crippen MR) is 68.5 cm³/mol. The van der Waals surface area contributed by atoms with Crippen LogP contribution in [0.3, 0.4) is 0 Å². The van der Waals surface area contributed by atoms with Crippen molar-refractivity contribution in [3.63, 3.8) is 0 Å². The number of benzene rings is 1. The van der Waals surface area contributed by atoms with Gasteiger partial charge in [0.1, 0.15) is 0 Å². The quantitative estimate of drug-likeness (QED) is 0.481. The summed E-state index contributed by atoms with van der Waals surface area (Å²) in [5, 5.41) is 4.53. The molecule has 0 fully saturated rings. The number of halogens is 2. The smallest absolute Gasteiger partial charge is 0.251 e. The van der Waals surface area contributed by atoms with Gasteiger partial charge in [-0.25, -0.2) is 0 Å². The topological polar surface area (TPSA) is 34.5 Å². The highest BCUT2D eigenvalue weighted by Gasteiger charge is 2.00. The van der Waals surface area contributed by atoms with Crippen molar-refractivity contribution in [3.8, 4) is 5.88 Å². The van der Waals surface area contributed by atoms with Crippen LogP contribution in [0.15, 0.2) is 47.6 Å². The maximum atomic E-state index is 12.8. The molecule has 0 amide bonds. The van der Waals surface area contributed by atoms with Crippen molar-refractivity contribution in [3.05, 3.63) is 59.0 Å². The Bertz CT molecular complexity index is 569. The molecule has 0 N–H and O–H groups in total. The second-order valence-corrected chi connectivity index (χ2v) is 4.01. The first-order valence-corrected chi connectivity index (χ1v) is 5.63. The average molecular weight is 265 g/mol. The zero-order valence-electron chi connectivity index (χ0n) is 9.60. The molecular weight excluding hydrogens is 255 g/mol. The Kier molecular flexibility index (Phi) is 3.89. The highest BCUT2D eigenvalue weighted by Crippen LogP contribution is 2.11. The largest absolute Gasteiger partial charge is 0.336 e. The summed E-state index contributed by atoms with van der Waals surface area (Å²) in [6.45, 7) is 1.78. The predicted octanol–water partition coefficient (Wildman–Crippen LogP) is 3.68. The molecule has 0 saturated carbocycles. The van der Waals surface area contributed by atoms with Gasteiger partial charge in [0.15, 0.2) is 0 Å². The van der Waals surface area contributed by atoms with Crippen LogP contribution in [0.5, 0.6) is 5.88 Å². The van der Waals surface area contributed by atoms with Gasteiger partial charge in [0.2, 0.25) is 5.95 Å². The molecule has 2 aromatic rings. The Morgan fingerprint density at radius 1 is 1.22 bits per heavy atom. The van der Waals surface area contributed by atoms with E-state index in [1.54, 1.807) is 19.1 Å². The van der Waals surface area contributed by atoms with Gasteiger partial charge in [-0.05, 0) is 30.7 Å². The van der Waals surface area contributed by atoms with Crippen LogP contribution in [0.4, 0.5) is 4.39 Å². The van der Waals surface area contributed by atoms with Gasteiger partial charge in [0.05, 0.1) is 5.71 Å². The maximum absolute atomic E-state index is 12.8. The monoisotopic (exact) mass is 264 g/mol. The van der Waals surface area contributed by atoms with E-state index in [9.17, 15) is 4.39 Å². The molecule has 92 valence electrons. The SMILES string of the molecule is CC(=NOc1cccc(F)n1)c1ccc(Cl)cc1. The van der Waals surface area contributed by atoms with Gasteiger partial charge in [0, 0.05) is 11.1 Å². The van der Waals surface area contributed by atoms with Crippen LogP contribution < -0.4 is 4.84 Å². The van der Waals surface area contributed by atoms with Crippen molar-refractivity contribution in [1.82, 2.24) is 4.98 Å². The van der Waals surface area contributed by atoms with Gasteiger partial charge in [0.25, 0.3) is 5.88 Å². The van der Waals surface area contributed by atoms with Crippen molar-refractivity contribution in [2.45, 2.75) is 6.92 Å². The number of pyridine rings is 1. The Labute approximate surface area is 109 Å². The normalized spacial score (nSPS) is 11.4. The van der Waals surface area contributed by atoms with Crippen LogP contribution in [-0.4, -0.2) is 10.7 Å². The van der Waals surface area contributed by atoms with E-state index in [-0.39, 0.29) is 5.88 Å². The van der Waals surface area contributed by atoms with Crippen molar-refractivity contribution in [2.24, 2.45) is 5.16 Å². The zero-order chi connectivity index (χ0) is 13.0. The Hall–Kier alpha value is -1.94. The first-order chi connectivity index (χ1) is 8.65. The fourth-order valence-corrected chi connectivity index (χ4v) is 1.43. The van der Waals surface area contributed by atoms with E-state index in [4.69, 9.17) is 16.4 Å². The molecule has 0 spiro atoms. The molecule has 1 aromatic carbocycles. The lowest BCUT2D eigenvalue weighted by Crippen LogP contribution is -1.98. The second kappa shape index (κ2) is 5.60. The fraction of sp³-hybridized carbons (Fsp3) is 0.0769. The number of hydrogen-bond acceptors (Lipinski definition) is 3. The van der Waals surface area contributed by atoms with E-state index in [1.165, 1.54) is 18.2 Å². The molecule has 18 heavy (non-hydrogen) atoms. The summed E-state index contributed by atoms with van der Waals surface area (Å²) in [6.07, 6.45) is 0. The van der Waals surface area contributed by atoms with Gasteiger partial charge in [-0.1, -0.05) is 35.0 Å². The van der Waals surface area contributed by atoms with Crippen LogP contribution in [0.25, 0.3) is 0 Å². The molecule has 0 radical (unpaired) electrons. The minimum Gasteiger partial charge on any atom is -0.336 e. The van der Waals surface area contributed by atoms with E-state index in [0.29, 0.717) is 10.7 Å². The summed E-state index contributed by atoms with van der Waals surface area (Å²) >= 11 is 5.78. The average Bonchev–Trinajstić information content (AvgIpc) is 2.37. The van der Waals surface area contributed by atoms with E-state index >= 15 is 0 Å². The number of oxime groups is 1. The molecule has 0 aliphatic rings. The Balaban J connectivity index is 2.11. The van der Waals surface area contributed by atoms with E-state index < -0.39 is 5.95 Å². The third-order valence-corrected chi connectivity index (χ3v) is 2.48. The molecule has 0 atom stereocenters. The third-order valence-electron chi connectivity index (χ3n) is 2.23. The summed E-state index contributed by atoms with van der Waals surface area (Å²) in [5.74, 6) is -0.491. The first-order valence-electron chi connectivity index (χ1n) is 5.25. The number of hydrogen-bond donors (Lipinski definition) is 0. The molecule has 2 rings (SSSR count). The van der Waals surface area contributed by atoms with E-state index in [1.807, 2.05) is 12.1 Å². The molecule has 0 unspecified atom stereocenters. The lowest BCUT2D eigenvalue weighted by Gasteiger charge is -2.01. The molecule has 0 bridgehead atoms. The highest BCUT2D eigenvalue weighted by molar-refractivity contribution is 6.30. The van der Waals surface area contributed by atoms with Crippen molar-refractivity contribution < 1.29 is 9.23 Å². The molecule has 0 aliphatic carbocycles. The molecule has 5 heteroatoms. The van der Waals surface area contributed by atoms with Crippen molar-refractivity contribution >= 4 is 17.3 Å². The summed E-state index contributed by atoms with van der Waals surface area (Å²) in [6, 6.07) is 11.4. The third kappa shape index (κ3) is 3.28. The summed E-state index contributed by atoms with van der Waals surface area (Å²) in [7, 11) is 0. The lowest BCUT2D eigenvalue weighted by atomic mass is 10.1. The molecule has 3 nitrogen and oxygen atoms in total. The Morgan fingerprint density at radius 3 is 2.61 bits per heavy atom. The zero-order valence-corrected chi connectivity index (χ0v) is 10.4. The van der Waals surface area contributed by atoms with Crippen molar-refractivity contribution in [2.75, 3.05) is 0 Å². The Morgan fingerprint density at radius 2 is 1.94 bits per heavy atom. The lowest BCUT2D eigenvalue weighted by molar-refractivity contribution is 0.321. The molecule has 0 saturated heterocycles. The van der Waals surface area contributed by atoms with Gasteiger partial charge in [-0.15, -0.1) is 0 Å². The van der Waals surface area contributed by atoms with Gasteiger partial charge >= 0.3 is 0 Å². The fourth-order valence-electron chi connectivity index (χ4n) is 1.30.